The average Bonchev–Trinajstić information content (AvgIpc) is 3.13. The molecule has 6 heteroatoms. The minimum atomic E-state index is -1.04. The molecule has 6 nitrogen and oxygen atoms in total. The molecule has 0 saturated heterocycles. The Hall–Kier alpha value is -2.37. The van der Waals surface area contributed by atoms with Gasteiger partial charge < -0.3 is 14.4 Å². The summed E-state index contributed by atoms with van der Waals surface area (Å²) in [5, 5.41) is 8.97. The fourth-order valence-electron chi connectivity index (χ4n) is 1.93. The van der Waals surface area contributed by atoms with Gasteiger partial charge in [0.25, 0.3) is 0 Å². The van der Waals surface area contributed by atoms with E-state index in [1.165, 1.54) is 12.3 Å². The van der Waals surface area contributed by atoms with Crippen LogP contribution in [0.5, 0.6) is 0 Å². The second-order valence-electron chi connectivity index (χ2n) is 4.49. The Bertz CT molecular complexity index is 579. The van der Waals surface area contributed by atoms with Crippen LogP contribution in [0.15, 0.2) is 35.1 Å². The molecule has 2 heterocycles. The fourth-order valence-corrected chi connectivity index (χ4v) is 1.93. The maximum atomic E-state index is 11.0. The van der Waals surface area contributed by atoms with E-state index in [9.17, 15) is 4.79 Å². The summed E-state index contributed by atoms with van der Waals surface area (Å²) in [5.74, 6) is 0.215. The third-order valence-corrected chi connectivity index (χ3v) is 3.01. The molecule has 0 amide bonds. The Balaban J connectivity index is 1.87. The molecule has 0 spiro atoms. The summed E-state index contributed by atoms with van der Waals surface area (Å²) in [6.07, 6.45) is 5.24. The number of hydrogen-bond acceptors (Lipinski definition) is 5. The summed E-state index contributed by atoms with van der Waals surface area (Å²) in [5.41, 5.74) is 0.00935. The summed E-state index contributed by atoms with van der Waals surface area (Å²) in [6, 6.07) is 5.48. The first kappa shape index (κ1) is 11.7. The normalized spacial score (nSPS) is 14.3. The Morgan fingerprint density at radius 1 is 1.47 bits per heavy atom. The number of aromatic nitrogens is 2. The van der Waals surface area contributed by atoms with Crippen molar-refractivity contribution in [2.75, 3.05) is 4.90 Å². The second kappa shape index (κ2) is 4.72. The number of carboxylic acids is 1. The van der Waals surface area contributed by atoms with Crippen molar-refractivity contribution in [3.05, 3.63) is 42.1 Å². The molecule has 2 aromatic rings. The van der Waals surface area contributed by atoms with E-state index in [2.05, 4.69) is 9.97 Å². The molecule has 0 unspecified atom stereocenters. The zero-order valence-corrected chi connectivity index (χ0v) is 10.2. The van der Waals surface area contributed by atoms with Gasteiger partial charge in [-0.2, -0.15) is 0 Å². The van der Waals surface area contributed by atoms with Crippen molar-refractivity contribution in [1.82, 2.24) is 9.97 Å². The van der Waals surface area contributed by atoms with Crippen LogP contribution in [0.1, 0.15) is 29.1 Å². The van der Waals surface area contributed by atoms with E-state index < -0.39 is 5.97 Å². The standard InChI is InChI=1S/C13H13N3O3/c17-12(18)11-5-6-14-13(15-11)16(9-3-4-9)8-10-2-1-7-19-10/h1-2,5-7,9H,3-4,8H2,(H,17,18). The Morgan fingerprint density at radius 3 is 2.95 bits per heavy atom. The van der Waals surface area contributed by atoms with E-state index in [1.807, 2.05) is 17.0 Å². The summed E-state index contributed by atoms with van der Waals surface area (Å²) >= 11 is 0. The number of hydrogen-bond donors (Lipinski definition) is 1. The lowest BCUT2D eigenvalue weighted by atomic mass is 10.4. The van der Waals surface area contributed by atoms with Gasteiger partial charge in [-0.1, -0.05) is 0 Å². The van der Waals surface area contributed by atoms with Crippen LogP contribution in [0.4, 0.5) is 5.95 Å². The molecule has 0 aliphatic heterocycles. The molecule has 19 heavy (non-hydrogen) atoms. The van der Waals surface area contributed by atoms with Gasteiger partial charge in [0.1, 0.15) is 5.76 Å². The van der Waals surface area contributed by atoms with Crippen LogP contribution in [0.2, 0.25) is 0 Å². The molecule has 1 fully saturated rings. The molecule has 1 aliphatic carbocycles. The number of anilines is 1. The zero-order chi connectivity index (χ0) is 13.2. The van der Waals surface area contributed by atoms with Crippen LogP contribution in [0, 0.1) is 0 Å². The number of furan rings is 1. The maximum absolute atomic E-state index is 11.0. The third-order valence-electron chi connectivity index (χ3n) is 3.01. The predicted molar refractivity (Wildman–Crippen MR) is 66.9 cm³/mol. The number of nitrogens with zero attached hydrogens (tertiary/aromatic N) is 3. The van der Waals surface area contributed by atoms with Crippen molar-refractivity contribution in [3.63, 3.8) is 0 Å². The fraction of sp³-hybridized carbons (Fsp3) is 0.308. The van der Waals surface area contributed by atoms with E-state index in [0.717, 1.165) is 18.6 Å². The Morgan fingerprint density at radius 2 is 2.32 bits per heavy atom. The Kier molecular flexibility index (Phi) is 2.91. The topological polar surface area (TPSA) is 79.5 Å². The van der Waals surface area contributed by atoms with Gasteiger partial charge in [-0.3, -0.25) is 0 Å². The molecule has 0 radical (unpaired) electrons. The highest BCUT2D eigenvalue weighted by atomic mass is 16.4. The van der Waals surface area contributed by atoms with E-state index in [4.69, 9.17) is 9.52 Å². The predicted octanol–water partition coefficient (Wildman–Crippen LogP) is 1.94. The highest BCUT2D eigenvalue weighted by Gasteiger charge is 2.31. The smallest absolute Gasteiger partial charge is 0.354 e. The molecule has 0 bridgehead atoms. The van der Waals surface area contributed by atoms with Gasteiger partial charge in [-0.25, -0.2) is 14.8 Å². The van der Waals surface area contributed by atoms with Crippen LogP contribution in [-0.2, 0) is 6.54 Å². The third kappa shape index (κ3) is 2.57. The van der Waals surface area contributed by atoms with Crippen molar-refractivity contribution in [1.29, 1.82) is 0 Å². The van der Waals surface area contributed by atoms with Crippen LogP contribution in [-0.4, -0.2) is 27.1 Å². The highest BCUT2D eigenvalue weighted by molar-refractivity contribution is 5.85. The molecule has 98 valence electrons. The molecule has 1 saturated carbocycles. The van der Waals surface area contributed by atoms with Gasteiger partial charge in [0.2, 0.25) is 5.95 Å². The number of rotatable bonds is 5. The molecule has 0 atom stereocenters. The summed E-state index contributed by atoms with van der Waals surface area (Å²) in [6.45, 7) is 0.556. The molecule has 2 aromatic heterocycles. The van der Waals surface area contributed by atoms with Crippen molar-refractivity contribution in [3.8, 4) is 0 Å². The van der Waals surface area contributed by atoms with Crippen molar-refractivity contribution in [2.24, 2.45) is 0 Å². The summed E-state index contributed by atoms with van der Waals surface area (Å²) in [4.78, 5) is 21.2. The minimum Gasteiger partial charge on any atom is -0.477 e. The van der Waals surface area contributed by atoms with Crippen LogP contribution >= 0.6 is 0 Å². The highest BCUT2D eigenvalue weighted by Crippen LogP contribution is 2.31. The first-order chi connectivity index (χ1) is 9.24. The largest absolute Gasteiger partial charge is 0.477 e. The first-order valence-electron chi connectivity index (χ1n) is 6.09. The van der Waals surface area contributed by atoms with Crippen LogP contribution < -0.4 is 4.90 Å². The molecular formula is C13H13N3O3. The molecule has 1 aliphatic rings. The lowest BCUT2D eigenvalue weighted by Crippen LogP contribution is -2.27. The number of aromatic carboxylic acids is 1. The quantitative estimate of drug-likeness (QED) is 0.883. The lowest BCUT2D eigenvalue weighted by Gasteiger charge is -2.21. The number of carboxylic acid groups (broad SMARTS) is 1. The van der Waals surface area contributed by atoms with Crippen molar-refractivity contribution >= 4 is 11.9 Å². The molecule has 0 aromatic carbocycles. The second-order valence-corrected chi connectivity index (χ2v) is 4.49. The van der Waals surface area contributed by atoms with Crippen LogP contribution in [0.3, 0.4) is 0 Å². The monoisotopic (exact) mass is 259 g/mol. The van der Waals surface area contributed by atoms with E-state index in [1.54, 1.807) is 6.26 Å². The molecule has 1 N–H and O–H groups in total. The van der Waals surface area contributed by atoms with Crippen LogP contribution in [0.25, 0.3) is 0 Å². The van der Waals surface area contributed by atoms with Gasteiger partial charge in [0, 0.05) is 12.2 Å². The SMILES string of the molecule is O=C(O)c1ccnc(N(Cc2ccco2)C2CC2)n1. The van der Waals surface area contributed by atoms with Gasteiger partial charge in [0.15, 0.2) is 5.69 Å². The Labute approximate surface area is 109 Å². The number of carbonyl (C=O) groups is 1. The van der Waals surface area contributed by atoms with Gasteiger partial charge >= 0.3 is 5.97 Å². The molecule has 3 rings (SSSR count). The summed E-state index contributed by atoms with van der Waals surface area (Å²) in [7, 11) is 0. The zero-order valence-electron chi connectivity index (χ0n) is 10.2. The van der Waals surface area contributed by atoms with Crippen molar-refractivity contribution < 1.29 is 14.3 Å². The van der Waals surface area contributed by atoms with E-state index in [-0.39, 0.29) is 5.69 Å². The minimum absolute atomic E-state index is 0.00935. The average molecular weight is 259 g/mol. The first-order valence-corrected chi connectivity index (χ1v) is 6.09. The maximum Gasteiger partial charge on any atom is 0.354 e. The summed E-state index contributed by atoms with van der Waals surface area (Å²) < 4.78 is 5.33. The van der Waals surface area contributed by atoms with E-state index in [0.29, 0.717) is 18.5 Å². The van der Waals surface area contributed by atoms with E-state index >= 15 is 0 Å². The lowest BCUT2D eigenvalue weighted by molar-refractivity contribution is 0.0690. The van der Waals surface area contributed by atoms with Gasteiger partial charge in [-0.05, 0) is 31.0 Å². The van der Waals surface area contributed by atoms with Crippen molar-refractivity contribution in [2.45, 2.75) is 25.4 Å². The molecular weight excluding hydrogens is 246 g/mol. The van der Waals surface area contributed by atoms with Gasteiger partial charge in [-0.15, -0.1) is 0 Å². The van der Waals surface area contributed by atoms with Gasteiger partial charge in [0.05, 0.1) is 12.8 Å².